The van der Waals surface area contributed by atoms with Gasteiger partial charge in [0.2, 0.25) is 0 Å². The number of rotatable bonds is 5. The number of carbonyl (C=O) groups excluding carboxylic acids is 1. The fraction of sp³-hybridized carbons (Fsp3) is 0.417. The number of nitrogens with zero attached hydrogens (tertiary/aromatic N) is 1. The van der Waals surface area contributed by atoms with Gasteiger partial charge in [0.05, 0.1) is 4.92 Å². The molecule has 0 aliphatic heterocycles. The van der Waals surface area contributed by atoms with Crippen molar-refractivity contribution in [3.63, 3.8) is 0 Å². The zero-order valence-electron chi connectivity index (χ0n) is 10.1. The molecule has 17 heavy (non-hydrogen) atoms. The first-order valence-electron chi connectivity index (χ1n) is 5.31. The van der Waals surface area contributed by atoms with Crippen molar-refractivity contribution in [3.05, 3.63) is 33.9 Å². The fourth-order valence-corrected chi connectivity index (χ4v) is 1.58. The Labute approximate surface area is 99.5 Å². The highest BCUT2D eigenvalue weighted by Crippen LogP contribution is 2.24. The Kier molecular flexibility index (Phi) is 4.20. The van der Waals surface area contributed by atoms with Crippen molar-refractivity contribution in [1.29, 1.82) is 0 Å². The van der Waals surface area contributed by atoms with Crippen LogP contribution in [0.15, 0.2) is 18.2 Å². The maximum atomic E-state index is 10.9. The molecule has 0 bridgehead atoms. The van der Waals surface area contributed by atoms with E-state index < -0.39 is 4.92 Å². The van der Waals surface area contributed by atoms with Crippen molar-refractivity contribution in [3.8, 4) is 5.75 Å². The number of aryl methyl sites for hydroxylation is 1. The number of nitro groups is 1. The summed E-state index contributed by atoms with van der Waals surface area (Å²) < 4.78 is 5.50. The third kappa shape index (κ3) is 3.86. The van der Waals surface area contributed by atoms with Crippen molar-refractivity contribution >= 4 is 11.5 Å². The Balaban J connectivity index is 2.77. The average molecular weight is 237 g/mol. The molecule has 0 saturated carbocycles. The predicted molar refractivity (Wildman–Crippen MR) is 63.2 cm³/mol. The molecule has 0 saturated heterocycles. The zero-order chi connectivity index (χ0) is 13.0. The van der Waals surface area contributed by atoms with Crippen molar-refractivity contribution < 1.29 is 14.5 Å². The Hall–Kier alpha value is -1.91. The summed E-state index contributed by atoms with van der Waals surface area (Å²) in [7, 11) is 0. The van der Waals surface area contributed by atoms with E-state index in [0.717, 1.165) is 0 Å². The molecule has 0 aliphatic carbocycles. The van der Waals surface area contributed by atoms with Gasteiger partial charge in [-0.3, -0.25) is 14.9 Å². The fourth-order valence-electron chi connectivity index (χ4n) is 1.58. The molecule has 5 heteroatoms. The minimum atomic E-state index is -0.432. The number of Topliss-reactive ketones (excluding diaryl/α,β-unsaturated/α-hetero) is 1. The molecule has 0 spiro atoms. The summed E-state index contributed by atoms with van der Waals surface area (Å²) >= 11 is 0. The largest absolute Gasteiger partial charge is 0.490 e. The topological polar surface area (TPSA) is 69.4 Å². The van der Waals surface area contributed by atoms with E-state index in [1.807, 2.05) is 0 Å². The Morgan fingerprint density at radius 1 is 1.53 bits per heavy atom. The van der Waals surface area contributed by atoms with Crippen LogP contribution in [0.25, 0.3) is 0 Å². The van der Waals surface area contributed by atoms with E-state index in [-0.39, 0.29) is 17.6 Å². The minimum absolute atomic E-state index is 0.0520. The summed E-state index contributed by atoms with van der Waals surface area (Å²) in [5, 5.41) is 10.6. The summed E-state index contributed by atoms with van der Waals surface area (Å²) in [5.41, 5.74) is 0.610. The lowest BCUT2D eigenvalue weighted by molar-refractivity contribution is -0.385. The highest BCUT2D eigenvalue weighted by atomic mass is 16.6. The van der Waals surface area contributed by atoms with Gasteiger partial charge in [-0.25, -0.2) is 0 Å². The SMILES string of the molecule is CC(=O)CC(C)Oc1ccc([N+](=O)[O-])c(C)c1. The molecule has 0 aromatic heterocycles. The maximum Gasteiger partial charge on any atom is 0.272 e. The summed E-state index contributed by atoms with van der Waals surface area (Å²) in [6.45, 7) is 4.94. The number of hydrogen-bond donors (Lipinski definition) is 0. The number of carbonyl (C=O) groups is 1. The van der Waals surface area contributed by atoms with Gasteiger partial charge in [0, 0.05) is 18.1 Å². The van der Waals surface area contributed by atoms with E-state index in [9.17, 15) is 14.9 Å². The van der Waals surface area contributed by atoms with Gasteiger partial charge in [0.15, 0.2) is 0 Å². The molecule has 1 aromatic carbocycles. The monoisotopic (exact) mass is 237 g/mol. The molecule has 0 radical (unpaired) electrons. The smallest absolute Gasteiger partial charge is 0.272 e. The Morgan fingerprint density at radius 3 is 2.65 bits per heavy atom. The van der Waals surface area contributed by atoms with E-state index in [1.165, 1.54) is 13.0 Å². The predicted octanol–water partition coefficient (Wildman–Crippen LogP) is 2.65. The van der Waals surface area contributed by atoms with Crippen molar-refractivity contribution in [2.45, 2.75) is 33.3 Å². The van der Waals surface area contributed by atoms with Crippen molar-refractivity contribution in [1.82, 2.24) is 0 Å². The second-order valence-electron chi connectivity index (χ2n) is 4.04. The molecular formula is C12H15NO4. The van der Waals surface area contributed by atoms with Gasteiger partial charge in [-0.2, -0.15) is 0 Å². The van der Waals surface area contributed by atoms with Crippen LogP contribution in [0.3, 0.4) is 0 Å². The molecular weight excluding hydrogens is 222 g/mol. The van der Waals surface area contributed by atoms with Crippen molar-refractivity contribution in [2.75, 3.05) is 0 Å². The minimum Gasteiger partial charge on any atom is -0.490 e. The number of hydrogen-bond acceptors (Lipinski definition) is 4. The van der Waals surface area contributed by atoms with Crippen LogP contribution < -0.4 is 4.74 Å². The third-order valence-corrected chi connectivity index (χ3v) is 2.28. The maximum absolute atomic E-state index is 10.9. The van der Waals surface area contributed by atoms with Crippen LogP contribution in [0.2, 0.25) is 0 Å². The van der Waals surface area contributed by atoms with Gasteiger partial charge >= 0.3 is 0 Å². The molecule has 92 valence electrons. The zero-order valence-corrected chi connectivity index (χ0v) is 10.1. The molecule has 1 rings (SSSR count). The second kappa shape index (κ2) is 5.43. The van der Waals surface area contributed by atoms with Gasteiger partial charge in [-0.05, 0) is 32.9 Å². The summed E-state index contributed by atoms with van der Waals surface area (Å²) in [4.78, 5) is 21.1. The number of benzene rings is 1. The summed E-state index contributed by atoms with van der Waals surface area (Å²) in [5.74, 6) is 0.595. The highest BCUT2D eigenvalue weighted by Gasteiger charge is 2.12. The molecule has 5 nitrogen and oxygen atoms in total. The molecule has 0 amide bonds. The van der Waals surface area contributed by atoms with E-state index >= 15 is 0 Å². The van der Waals surface area contributed by atoms with Crippen LogP contribution in [0.4, 0.5) is 5.69 Å². The Bertz CT molecular complexity index is 442. The molecule has 0 fully saturated rings. The lowest BCUT2D eigenvalue weighted by Gasteiger charge is -2.13. The lowest BCUT2D eigenvalue weighted by atomic mass is 10.2. The first-order chi connectivity index (χ1) is 7.90. The first kappa shape index (κ1) is 13.2. The highest BCUT2D eigenvalue weighted by molar-refractivity contribution is 5.75. The summed E-state index contributed by atoms with van der Waals surface area (Å²) in [6.07, 6.45) is 0.101. The van der Waals surface area contributed by atoms with Crippen molar-refractivity contribution in [2.24, 2.45) is 0 Å². The van der Waals surface area contributed by atoms with Gasteiger partial charge in [-0.15, -0.1) is 0 Å². The Morgan fingerprint density at radius 2 is 2.18 bits per heavy atom. The van der Waals surface area contributed by atoms with E-state index in [4.69, 9.17) is 4.74 Å². The van der Waals surface area contributed by atoms with E-state index in [2.05, 4.69) is 0 Å². The van der Waals surface area contributed by atoms with Gasteiger partial charge < -0.3 is 4.74 Å². The van der Waals surface area contributed by atoms with Crippen LogP contribution >= 0.6 is 0 Å². The van der Waals surface area contributed by atoms with Crippen LogP contribution in [0, 0.1) is 17.0 Å². The molecule has 1 unspecified atom stereocenters. The second-order valence-corrected chi connectivity index (χ2v) is 4.04. The molecule has 0 aliphatic rings. The van der Waals surface area contributed by atoms with Crippen LogP contribution in [0.1, 0.15) is 25.8 Å². The van der Waals surface area contributed by atoms with Crippen LogP contribution in [-0.4, -0.2) is 16.8 Å². The van der Waals surface area contributed by atoms with Crippen LogP contribution in [-0.2, 0) is 4.79 Å². The molecule has 0 N–H and O–H groups in total. The van der Waals surface area contributed by atoms with E-state index in [0.29, 0.717) is 17.7 Å². The van der Waals surface area contributed by atoms with Gasteiger partial charge in [-0.1, -0.05) is 0 Å². The van der Waals surface area contributed by atoms with Crippen LogP contribution in [0.5, 0.6) is 5.75 Å². The molecule has 1 aromatic rings. The number of nitro benzene ring substituents is 1. The quantitative estimate of drug-likeness (QED) is 0.583. The standard InChI is InChI=1S/C12H15NO4/c1-8-6-11(4-5-12(8)13(15)16)17-10(3)7-9(2)14/h4-6,10H,7H2,1-3H3. The number of ketones is 1. The molecule has 0 heterocycles. The van der Waals surface area contributed by atoms with Gasteiger partial charge in [0.1, 0.15) is 17.6 Å². The third-order valence-electron chi connectivity index (χ3n) is 2.28. The first-order valence-corrected chi connectivity index (χ1v) is 5.31. The summed E-state index contributed by atoms with van der Waals surface area (Å²) in [6, 6.07) is 4.56. The normalized spacial score (nSPS) is 11.9. The number of ether oxygens (including phenoxy) is 1. The lowest BCUT2D eigenvalue weighted by Crippen LogP contribution is -2.15. The average Bonchev–Trinajstić information content (AvgIpc) is 2.15. The molecule has 1 atom stereocenters. The van der Waals surface area contributed by atoms with E-state index in [1.54, 1.807) is 26.0 Å². The van der Waals surface area contributed by atoms with Gasteiger partial charge in [0.25, 0.3) is 5.69 Å².